The fourth-order valence-electron chi connectivity index (χ4n) is 0.753. The second-order valence-corrected chi connectivity index (χ2v) is 5.50. The Balaban J connectivity index is 2.90. The molecule has 1 aliphatic carbocycles. The molecule has 0 N–H and O–H groups in total. The van der Waals surface area contributed by atoms with E-state index in [1.165, 1.54) is 0 Å². The van der Waals surface area contributed by atoms with E-state index in [-0.39, 0.29) is 0 Å². The molecule has 0 nitrogen and oxygen atoms in total. The maximum Gasteiger partial charge on any atom is 0.174 e. The van der Waals surface area contributed by atoms with E-state index in [1.54, 1.807) is 0 Å². The second kappa shape index (κ2) is 2.23. The highest BCUT2D eigenvalue weighted by atomic mass is 35.5. The lowest BCUT2D eigenvalue weighted by atomic mass is 10.3. The van der Waals surface area contributed by atoms with E-state index < -0.39 is 13.5 Å². The molecule has 5 heteroatoms. The number of alkyl halides is 5. The second-order valence-electron chi connectivity index (χ2n) is 2.20. The lowest BCUT2D eigenvalue weighted by Crippen LogP contribution is -2.07. The van der Waals surface area contributed by atoms with Crippen LogP contribution in [0.5, 0.6) is 0 Å². The normalized spacial score (nSPS) is 31.8. The molecule has 0 aromatic carbocycles. The van der Waals surface area contributed by atoms with E-state index in [0.29, 0.717) is 6.42 Å². The lowest BCUT2D eigenvalue weighted by molar-refractivity contribution is 0.881. The lowest BCUT2D eigenvalue weighted by Gasteiger charge is -2.01. The van der Waals surface area contributed by atoms with Crippen LogP contribution in [0.25, 0.3) is 0 Å². The summed E-state index contributed by atoms with van der Waals surface area (Å²) in [4.78, 5) is -0.994. The SMILES string of the molecule is [CH2]CC1(Cl)C(Cl)(Cl)C1(Cl)Cl. The standard InChI is InChI=1S/C5H4Cl5/c1-2-3(6)4(7,8)5(3,9)10/h1-2H2. The summed E-state index contributed by atoms with van der Waals surface area (Å²) >= 11 is 28.5. The average Bonchev–Trinajstić information content (AvgIpc) is 2.11. The molecule has 0 aromatic rings. The molecule has 0 saturated heterocycles. The Morgan fingerprint density at radius 2 is 1.20 bits per heavy atom. The highest BCUT2D eigenvalue weighted by molar-refractivity contribution is 6.75. The quantitative estimate of drug-likeness (QED) is 0.616. The van der Waals surface area contributed by atoms with Crippen molar-refractivity contribution in [2.45, 2.75) is 20.0 Å². The minimum atomic E-state index is -1.27. The first-order valence-electron chi connectivity index (χ1n) is 2.55. The number of hydrogen-bond acceptors (Lipinski definition) is 0. The Morgan fingerprint density at radius 1 is 0.900 bits per heavy atom. The van der Waals surface area contributed by atoms with E-state index in [4.69, 9.17) is 58.0 Å². The van der Waals surface area contributed by atoms with Gasteiger partial charge in [0.2, 0.25) is 0 Å². The summed E-state index contributed by atoms with van der Waals surface area (Å²) in [5.74, 6) is 0. The van der Waals surface area contributed by atoms with Gasteiger partial charge in [0.1, 0.15) is 4.87 Å². The number of rotatable bonds is 1. The molecule has 1 aliphatic rings. The van der Waals surface area contributed by atoms with Crippen LogP contribution in [0.2, 0.25) is 0 Å². The molecule has 0 aliphatic heterocycles. The van der Waals surface area contributed by atoms with Gasteiger partial charge in [0.05, 0.1) is 0 Å². The van der Waals surface area contributed by atoms with Gasteiger partial charge in [0, 0.05) is 0 Å². The third kappa shape index (κ3) is 0.778. The van der Waals surface area contributed by atoms with Crippen molar-refractivity contribution in [1.82, 2.24) is 0 Å². The van der Waals surface area contributed by atoms with Crippen molar-refractivity contribution in [3.63, 3.8) is 0 Å². The van der Waals surface area contributed by atoms with Crippen LogP contribution < -0.4 is 0 Å². The van der Waals surface area contributed by atoms with Crippen molar-refractivity contribution in [2.24, 2.45) is 0 Å². The summed E-state index contributed by atoms with van der Waals surface area (Å²) in [6.07, 6.45) is 0.300. The summed E-state index contributed by atoms with van der Waals surface area (Å²) in [5, 5.41) is 0. The summed E-state index contributed by atoms with van der Waals surface area (Å²) in [6.45, 7) is 3.54. The predicted molar refractivity (Wildman–Crippen MR) is 47.4 cm³/mol. The Kier molecular flexibility index (Phi) is 2.13. The zero-order valence-corrected chi connectivity index (χ0v) is 8.58. The molecule has 0 unspecified atom stereocenters. The zero-order valence-electron chi connectivity index (χ0n) is 4.80. The summed E-state index contributed by atoms with van der Waals surface area (Å²) < 4.78 is -2.54. The van der Waals surface area contributed by atoms with Crippen LogP contribution in [0.3, 0.4) is 0 Å². The Hall–Kier alpha value is 1.45. The van der Waals surface area contributed by atoms with Gasteiger partial charge in [-0.05, 0) is 6.42 Å². The van der Waals surface area contributed by atoms with E-state index in [2.05, 4.69) is 6.92 Å². The van der Waals surface area contributed by atoms with Crippen molar-refractivity contribution in [3.05, 3.63) is 6.92 Å². The van der Waals surface area contributed by atoms with Gasteiger partial charge in [-0.15, -0.1) is 11.6 Å². The van der Waals surface area contributed by atoms with Crippen molar-refractivity contribution < 1.29 is 0 Å². The number of hydrogen-bond donors (Lipinski definition) is 0. The molecule has 0 atom stereocenters. The van der Waals surface area contributed by atoms with Gasteiger partial charge in [-0.2, -0.15) is 0 Å². The molecule has 0 aromatic heterocycles. The van der Waals surface area contributed by atoms with Crippen LogP contribution in [0, 0.1) is 6.92 Å². The van der Waals surface area contributed by atoms with Crippen molar-refractivity contribution in [1.29, 1.82) is 0 Å². The zero-order chi connectivity index (χ0) is 8.21. The van der Waals surface area contributed by atoms with Crippen LogP contribution in [-0.2, 0) is 0 Å². The highest BCUT2D eigenvalue weighted by Gasteiger charge is 2.85. The van der Waals surface area contributed by atoms with Crippen molar-refractivity contribution in [3.8, 4) is 0 Å². The summed E-state index contributed by atoms with van der Waals surface area (Å²) in [5.41, 5.74) is 0. The Bertz CT molecular complexity index is 147. The molecular weight excluding hydrogens is 237 g/mol. The van der Waals surface area contributed by atoms with E-state index in [9.17, 15) is 0 Å². The van der Waals surface area contributed by atoms with E-state index in [0.717, 1.165) is 0 Å². The Labute approximate surface area is 84.7 Å². The summed E-state index contributed by atoms with van der Waals surface area (Å²) in [7, 11) is 0. The molecule has 1 saturated carbocycles. The van der Waals surface area contributed by atoms with Gasteiger partial charge in [-0.3, -0.25) is 0 Å². The first kappa shape index (κ1) is 9.54. The molecule has 59 valence electrons. The van der Waals surface area contributed by atoms with Gasteiger partial charge in [0.15, 0.2) is 8.67 Å². The summed E-state index contributed by atoms with van der Waals surface area (Å²) in [6, 6.07) is 0. The molecule has 1 rings (SSSR count). The minimum absolute atomic E-state index is 0.300. The Morgan fingerprint density at radius 3 is 1.20 bits per heavy atom. The smallest absolute Gasteiger partial charge is 0.112 e. The van der Waals surface area contributed by atoms with Gasteiger partial charge < -0.3 is 0 Å². The van der Waals surface area contributed by atoms with Gasteiger partial charge in [-0.25, -0.2) is 0 Å². The van der Waals surface area contributed by atoms with Crippen LogP contribution in [0.1, 0.15) is 6.42 Å². The van der Waals surface area contributed by atoms with Crippen molar-refractivity contribution >= 4 is 58.0 Å². The molecule has 1 radical (unpaired) electrons. The molecular formula is C5H4Cl5. The molecule has 10 heavy (non-hydrogen) atoms. The predicted octanol–water partition coefficient (Wildman–Crippen LogP) is 3.55. The van der Waals surface area contributed by atoms with Gasteiger partial charge in [0.25, 0.3) is 0 Å². The van der Waals surface area contributed by atoms with Crippen LogP contribution in [0.4, 0.5) is 0 Å². The topological polar surface area (TPSA) is 0 Å². The van der Waals surface area contributed by atoms with Crippen LogP contribution in [0.15, 0.2) is 0 Å². The van der Waals surface area contributed by atoms with E-state index in [1.807, 2.05) is 0 Å². The first-order chi connectivity index (χ1) is 4.31. The third-order valence-corrected chi connectivity index (χ3v) is 5.63. The third-order valence-electron chi connectivity index (χ3n) is 1.67. The van der Waals surface area contributed by atoms with E-state index >= 15 is 0 Å². The fourth-order valence-corrected chi connectivity index (χ4v) is 2.78. The fraction of sp³-hybridized carbons (Fsp3) is 0.800. The average molecular weight is 241 g/mol. The molecule has 0 spiro atoms. The molecule has 0 amide bonds. The van der Waals surface area contributed by atoms with Gasteiger partial charge >= 0.3 is 0 Å². The maximum absolute atomic E-state index is 5.82. The molecule has 0 heterocycles. The van der Waals surface area contributed by atoms with Crippen LogP contribution >= 0.6 is 58.0 Å². The maximum atomic E-state index is 5.82. The highest BCUT2D eigenvalue weighted by Crippen LogP contribution is 2.76. The van der Waals surface area contributed by atoms with Crippen molar-refractivity contribution in [2.75, 3.05) is 0 Å². The molecule has 1 fully saturated rings. The first-order valence-corrected chi connectivity index (χ1v) is 4.44. The molecule has 0 bridgehead atoms. The van der Waals surface area contributed by atoms with Gasteiger partial charge in [-0.1, -0.05) is 53.3 Å². The van der Waals surface area contributed by atoms with Crippen LogP contribution in [-0.4, -0.2) is 13.5 Å². The minimum Gasteiger partial charge on any atom is -0.112 e. The monoisotopic (exact) mass is 239 g/mol. The largest absolute Gasteiger partial charge is 0.174 e. The number of halogens is 5.